The molecular formula is C14H11FN2O3S. The highest BCUT2D eigenvalue weighted by Gasteiger charge is 2.30. The molecule has 0 bridgehead atoms. The standard InChI is InChI=1S/C14H11FN2O3S/c15-12-7-10(6-5-9(12)8-16)20-14-11-3-1-2-4-13(11)21(18,19)17-14/h1-7H,8,16H2. The van der Waals surface area contributed by atoms with Crippen LogP contribution in [0, 0.1) is 5.82 Å². The van der Waals surface area contributed by atoms with Gasteiger partial charge in [-0.2, -0.15) is 8.42 Å². The maximum atomic E-state index is 13.7. The summed E-state index contributed by atoms with van der Waals surface area (Å²) in [5, 5.41) is 0. The lowest BCUT2D eigenvalue weighted by molar-refractivity contribution is 0.538. The molecule has 2 N–H and O–H groups in total. The quantitative estimate of drug-likeness (QED) is 0.917. The highest BCUT2D eigenvalue weighted by Crippen LogP contribution is 2.28. The molecule has 1 aliphatic heterocycles. The first-order chi connectivity index (χ1) is 10.0. The summed E-state index contributed by atoms with van der Waals surface area (Å²) in [6.07, 6.45) is 0. The van der Waals surface area contributed by atoms with E-state index in [-0.39, 0.29) is 23.1 Å². The van der Waals surface area contributed by atoms with E-state index in [9.17, 15) is 12.8 Å². The molecule has 0 aliphatic carbocycles. The van der Waals surface area contributed by atoms with E-state index in [1.807, 2.05) is 0 Å². The zero-order valence-electron chi connectivity index (χ0n) is 10.8. The number of fused-ring (bicyclic) bond motifs is 1. The molecule has 108 valence electrons. The van der Waals surface area contributed by atoms with Gasteiger partial charge in [-0.05, 0) is 18.2 Å². The number of halogens is 1. The van der Waals surface area contributed by atoms with Crippen LogP contribution in [0.3, 0.4) is 0 Å². The molecule has 0 radical (unpaired) electrons. The third-order valence-corrected chi connectivity index (χ3v) is 4.38. The molecule has 0 saturated carbocycles. The van der Waals surface area contributed by atoms with Gasteiger partial charge in [0, 0.05) is 18.2 Å². The van der Waals surface area contributed by atoms with Crippen LogP contribution in [0.25, 0.3) is 0 Å². The minimum atomic E-state index is -3.75. The Morgan fingerprint density at radius 1 is 1.19 bits per heavy atom. The smallest absolute Gasteiger partial charge is 0.286 e. The molecular weight excluding hydrogens is 295 g/mol. The number of ether oxygens (including phenoxy) is 1. The summed E-state index contributed by atoms with van der Waals surface area (Å²) < 4.78 is 46.4. The highest BCUT2D eigenvalue weighted by molar-refractivity contribution is 7.90. The van der Waals surface area contributed by atoms with Gasteiger partial charge in [-0.25, -0.2) is 4.39 Å². The summed E-state index contributed by atoms with van der Waals surface area (Å²) in [7, 11) is -3.75. The van der Waals surface area contributed by atoms with Crippen LogP contribution in [0.5, 0.6) is 5.75 Å². The Bertz CT molecular complexity index is 847. The maximum absolute atomic E-state index is 13.7. The maximum Gasteiger partial charge on any atom is 0.286 e. The minimum Gasteiger partial charge on any atom is -0.438 e. The first-order valence-corrected chi connectivity index (χ1v) is 7.56. The van der Waals surface area contributed by atoms with Gasteiger partial charge in [-0.1, -0.05) is 18.2 Å². The van der Waals surface area contributed by atoms with Gasteiger partial charge >= 0.3 is 0 Å². The molecule has 7 heteroatoms. The number of hydrogen-bond donors (Lipinski definition) is 1. The van der Waals surface area contributed by atoms with Crippen molar-refractivity contribution in [3.63, 3.8) is 0 Å². The van der Waals surface area contributed by atoms with Crippen molar-refractivity contribution in [3.8, 4) is 5.75 Å². The summed E-state index contributed by atoms with van der Waals surface area (Å²) in [4.78, 5) is 0.0825. The average Bonchev–Trinajstić information content (AvgIpc) is 2.71. The second-order valence-electron chi connectivity index (χ2n) is 4.43. The van der Waals surface area contributed by atoms with Crippen LogP contribution in [0.15, 0.2) is 51.8 Å². The second kappa shape index (κ2) is 4.94. The van der Waals surface area contributed by atoms with Crippen LogP contribution in [0.1, 0.15) is 11.1 Å². The largest absolute Gasteiger partial charge is 0.438 e. The van der Waals surface area contributed by atoms with Crippen molar-refractivity contribution in [3.05, 3.63) is 59.4 Å². The number of benzene rings is 2. The third kappa shape index (κ3) is 2.41. The second-order valence-corrected chi connectivity index (χ2v) is 6.00. The monoisotopic (exact) mass is 306 g/mol. The van der Waals surface area contributed by atoms with Crippen LogP contribution < -0.4 is 10.5 Å². The van der Waals surface area contributed by atoms with Crippen molar-refractivity contribution >= 4 is 15.9 Å². The van der Waals surface area contributed by atoms with Gasteiger partial charge in [0.15, 0.2) is 0 Å². The summed E-state index contributed by atoms with van der Waals surface area (Å²) in [6.45, 7) is 0.0737. The molecule has 5 nitrogen and oxygen atoms in total. The Labute approximate surface area is 120 Å². The predicted molar refractivity (Wildman–Crippen MR) is 75.1 cm³/mol. The molecule has 1 aliphatic rings. The lowest BCUT2D eigenvalue weighted by Gasteiger charge is -2.07. The van der Waals surface area contributed by atoms with Crippen LogP contribution in [0.4, 0.5) is 4.39 Å². The Morgan fingerprint density at radius 2 is 1.95 bits per heavy atom. The molecule has 0 saturated heterocycles. The normalized spacial score (nSPS) is 15.4. The highest BCUT2D eigenvalue weighted by atomic mass is 32.2. The zero-order valence-corrected chi connectivity index (χ0v) is 11.6. The number of sulfonamides is 1. The van der Waals surface area contributed by atoms with Crippen molar-refractivity contribution in [2.75, 3.05) is 0 Å². The van der Waals surface area contributed by atoms with Crippen LogP contribution >= 0.6 is 0 Å². The van der Waals surface area contributed by atoms with Crippen LogP contribution in [0.2, 0.25) is 0 Å². The van der Waals surface area contributed by atoms with Crippen molar-refractivity contribution in [1.29, 1.82) is 0 Å². The number of rotatable bonds is 2. The van der Waals surface area contributed by atoms with Crippen LogP contribution in [-0.2, 0) is 16.6 Å². The zero-order chi connectivity index (χ0) is 15.0. The molecule has 21 heavy (non-hydrogen) atoms. The Balaban J connectivity index is 1.98. The summed E-state index contributed by atoms with van der Waals surface area (Å²) in [5.41, 5.74) is 6.09. The molecule has 0 amide bonds. The van der Waals surface area contributed by atoms with E-state index in [1.165, 1.54) is 18.2 Å². The molecule has 3 rings (SSSR count). The van der Waals surface area contributed by atoms with E-state index < -0.39 is 15.8 Å². The number of hydrogen-bond acceptors (Lipinski definition) is 4. The van der Waals surface area contributed by atoms with Crippen molar-refractivity contribution < 1.29 is 17.5 Å². The van der Waals surface area contributed by atoms with Crippen molar-refractivity contribution in [1.82, 2.24) is 0 Å². The molecule has 0 fully saturated rings. The van der Waals surface area contributed by atoms with Crippen molar-refractivity contribution in [2.24, 2.45) is 10.1 Å². The Kier molecular flexibility index (Phi) is 3.23. The van der Waals surface area contributed by atoms with Gasteiger partial charge in [-0.3, -0.25) is 0 Å². The van der Waals surface area contributed by atoms with Gasteiger partial charge in [0.2, 0.25) is 5.90 Å². The molecule has 0 aromatic heterocycles. The fraction of sp³-hybridized carbons (Fsp3) is 0.0714. The average molecular weight is 306 g/mol. The fourth-order valence-electron chi connectivity index (χ4n) is 2.02. The van der Waals surface area contributed by atoms with Gasteiger partial charge in [0.25, 0.3) is 10.0 Å². The minimum absolute atomic E-state index is 0.0644. The van der Waals surface area contributed by atoms with Gasteiger partial charge in [0.1, 0.15) is 16.5 Å². The molecule has 2 aromatic carbocycles. The van der Waals surface area contributed by atoms with Gasteiger partial charge in [-0.15, -0.1) is 4.40 Å². The van der Waals surface area contributed by atoms with E-state index in [4.69, 9.17) is 10.5 Å². The molecule has 0 spiro atoms. The topological polar surface area (TPSA) is 81.8 Å². The predicted octanol–water partition coefficient (Wildman–Crippen LogP) is 1.81. The van der Waals surface area contributed by atoms with E-state index in [0.717, 1.165) is 6.07 Å². The molecule has 0 atom stereocenters. The third-order valence-electron chi connectivity index (χ3n) is 3.06. The van der Waals surface area contributed by atoms with Crippen molar-refractivity contribution in [2.45, 2.75) is 11.4 Å². The Morgan fingerprint density at radius 3 is 2.67 bits per heavy atom. The van der Waals surface area contributed by atoms with Gasteiger partial charge < -0.3 is 10.5 Å². The number of nitrogens with zero attached hydrogens (tertiary/aromatic N) is 1. The van der Waals surface area contributed by atoms with E-state index in [1.54, 1.807) is 18.2 Å². The number of nitrogens with two attached hydrogens (primary N) is 1. The Hall–Kier alpha value is -2.25. The summed E-state index contributed by atoms with van der Waals surface area (Å²) >= 11 is 0. The lowest BCUT2D eigenvalue weighted by Crippen LogP contribution is -2.08. The molecule has 2 aromatic rings. The fourth-order valence-corrected chi connectivity index (χ4v) is 3.15. The summed E-state index contributed by atoms with van der Waals surface area (Å²) in [5.74, 6) is -0.411. The first kappa shape index (κ1) is 13.7. The first-order valence-electron chi connectivity index (χ1n) is 6.12. The molecule has 1 heterocycles. The van der Waals surface area contributed by atoms with E-state index in [2.05, 4.69) is 4.40 Å². The van der Waals surface area contributed by atoms with Crippen LogP contribution in [-0.4, -0.2) is 14.3 Å². The summed E-state index contributed by atoms with van der Waals surface area (Å²) in [6, 6.07) is 10.5. The lowest BCUT2D eigenvalue weighted by atomic mass is 10.2. The van der Waals surface area contributed by atoms with Gasteiger partial charge in [0.05, 0.1) is 5.56 Å². The SMILES string of the molecule is NCc1ccc(OC2=NS(=O)(=O)c3ccccc32)cc1F. The van der Waals surface area contributed by atoms with E-state index >= 15 is 0 Å². The molecule has 0 unspecified atom stereocenters. The van der Waals surface area contributed by atoms with E-state index in [0.29, 0.717) is 11.1 Å².